The molecule has 0 aliphatic heterocycles. The molecule has 9 rings (SSSR count). The van der Waals surface area contributed by atoms with Gasteiger partial charge in [0.15, 0.2) is 0 Å². The maximum Gasteiger partial charge on any atom is 0.144 e. The molecule has 0 N–H and O–H groups in total. The lowest BCUT2D eigenvalue weighted by Crippen LogP contribution is -1.91. The van der Waals surface area contributed by atoms with E-state index in [2.05, 4.69) is 78.9 Å². The molecule has 0 fully saturated rings. The number of hydrogen-bond donors (Lipinski definition) is 0. The Hall–Kier alpha value is -5.60. The first-order valence-corrected chi connectivity index (χ1v) is 13.9. The van der Waals surface area contributed by atoms with Crippen molar-refractivity contribution in [1.82, 2.24) is 0 Å². The van der Waals surface area contributed by atoms with Gasteiger partial charge in [0.05, 0.1) is 5.48 Å². The Morgan fingerprint density at radius 2 is 0.976 bits per heavy atom. The van der Waals surface area contributed by atoms with E-state index in [1.54, 1.807) is 0 Å². The Morgan fingerprint density at radius 3 is 1.71 bits per heavy atom. The van der Waals surface area contributed by atoms with Crippen LogP contribution in [-0.4, -0.2) is 0 Å². The Bertz CT molecular complexity index is 2630. The summed E-state index contributed by atoms with van der Waals surface area (Å²) in [4.78, 5) is 0. The van der Waals surface area contributed by atoms with Gasteiger partial charge in [-0.1, -0.05) is 121 Å². The van der Waals surface area contributed by atoms with Gasteiger partial charge in [-0.3, -0.25) is 0 Å². The second kappa shape index (κ2) is 8.95. The standard InChI is InChI=1S/C40H24O2/c1-2-12-25(13-3-1)37-28-15-4-6-17-30(28)39(31-18-7-5-16-29(31)37)40-38(32-19-9-11-21-35(32)42-40)26-22-23-36-33(24-26)27-14-8-10-20-34(27)41-36/h1-24H/i8D,10D,14D,20D. The van der Waals surface area contributed by atoms with Crippen LogP contribution in [0.15, 0.2) is 154 Å². The van der Waals surface area contributed by atoms with Crippen LogP contribution in [0.5, 0.6) is 0 Å². The van der Waals surface area contributed by atoms with Gasteiger partial charge in [0.2, 0.25) is 0 Å². The zero-order valence-corrected chi connectivity index (χ0v) is 22.4. The number of rotatable bonds is 3. The molecule has 42 heavy (non-hydrogen) atoms. The fraction of sp³-hybridized carbons (Fsp3) is 0. The van der Waals surface area contributed by atoms with Crippen molar-refractivity contribution in [3.8, 4) is 33.6 Å². The van der Waals surface area contributed by atoms with Gasteiger partial charge in [-0.15, -0.1) is 0 Å². The molecule has 2 nitrogen and oxygen atoms in total. The second-order valence-corrected chi connectivity index (χ2v) is 10.5. The van der Waals surface area contributed by atoms with Crippen LogP contribution in [0.25, 0.3) is 88.0 Å². The highest BCUT2D eigenvalue weighted by Gasteiger charge is 2.24. The van der Waals surface area contributed by atoms with Gasteiger partial charge in [-0.05, 0) is 62.5 Å². The Kier molecular flexibility index (Phi) is 4.15. The van der Waals surface area contributed by atoms with E-state index in [1.165, 1.54) is 5.56 Å². The lowest BCUT2D eigenvalue weighted by molar-refractivity contribution is 0.634. The maximum atomic E-state index is 8.68. The van der Waals surface area contributed by atoms with Crippen molar-refractivity contribution in [2.45, 2.75) is 0 Å². The van der Waals surface area contributed by atoms with Crippen LogP contribution < -0.4 is 0 Å². The molecule has 2 heteroatoms. The number of hydrogen-bond acceptors (Lipinski definition) is 2. The van der Waals surface area contributed by atoms with Crippen LogP contribution in [0.4, 0.5) is 0 Å². The predicted molar refractivity (Wildman–Crippen MR) is 175 cm³/mol. The summed E-state index contributed by atoms with van der Waals surface area (Å²) in [5, 5.41) is 6.35. The maximum absolute atomic E-state index is 8.68. The minimum Gasteiger partial charge on any atom is -0.456 e. The smallest absolute Gasteiger partial charge is 0.144 e. The molecule has 0 unspecified atom stereocenters. The van der Waals surface area contributed by atoms with Crippen molar-refractivity contribution in [2.75, 3.05) is 0 Å². The molecule has 0 saturated heterocycles. The molecule has 0 radical (unpaired) electrons. The summed E-state index contributed by atoms with van der Waals surface area (Å²) in [6.07, 6.45) is 0. The van der Waals surface area contributed by atoms with Crippen molar-refractivity contribution >= 4 is 54.5 Å². The zero-order chi connectivity index (χ0) is 31.1. The van der Waals surface area contributed by atoms with E-state index in [4.69, 9.17) is 14.3 Å². The lowest BCUT2D eigenvalue weighted by Gasteiger charge is -2.17. The molecule has 0 atom stereocenters. The number of furan rings is 2. The fourth-order valence-corrected chi connectivity index (χ4v) is 6.44. The van der Waals surface area contributed by atoms with Gasteiger partial charge in [0.25, 0.3) is 0 Å². The SMILES string of the molecule is [2H]c1c([2H])c([2H])c2c(oc3ccc(-c4c(-c5c6ccccc6c(-c6ccccc6)c6ccccc56)oc5ccccc45)cc32)c1[2H]. The van der Waals surface area contributed by atoms with Crippen LogP contribution in [0, 0.1) is 0 Å². The summed E-state index contributed by atoms with van der Waals surface area (Å²) in [5.74, 6) is 0.738. The van der Waals surface area contributed by atoms with Gasteiger partial charge >= 0.3 is 0 Å². The molecule has 0 spiro atoms. The minimum absolute atomic E-state index is 0.113. The van der Waals surface area contributed by atoms with Crippen molar-refractivity contribution in [1.29, 1.82) is 0 Å². The van der Waals surface area contributed by atoms with Crippen molar-refractivity contribution in [3.63, 3.8) is 0 Å². The van der Waals surface area contributed by atoms with E-state index in [1.807, 2.05) is 42.5 Å². The summed E-state index contributed by atoms with van der Waals surface area (Å²) in [5.41, 5.74) is 6.51. The van der Waals surface area contributed by atoms with Crippen LogP contribution in [0.3, 0.4) is 0 Å². The quantitative estimate of drug-likeness (QED) is 0.208. The van der Waals surface area contributed by atoms with Crippen LogP contribution in [-0.2, 0) is 0 Å². The molecule has 2 aromatic heterocycles. The summed E-state index contributed by atoms with van der Waals surface area (Å²) in [6, 6.07) is 40.3. The molecule has 2 heterocycles. The summed E-state index contributed by atoms with van der Waals surface area (Å²) in [6.45, 7) is 0. The Balaban J connectivity index is 1.41. The molecule has 0 aliphatic carbocycles. The average Bonchev–Trinajstić information content (AvgIpc) is 3.67. The zero-order valence-electron chi connectivity index (χ0n) is 26.4. The van der Waals surface area contributed by atoms with Gasteiger partial charge in [-0.25, -0.2) is 0 Å². The molecule has 0 saturated carbocycles. The van der Waals surface area contributed by atoms with Crippen LogP contribution in [0.2, 0.25) is 0 Å². The van der Waals surface area contributed by atoms with Crippen LogP contribution in [0.1, 0.15) is 5.48 Å². The molecular formula is C40H24O2. The third kappa shape index (κ3) is 3.33. The van der Waals surface area contributed by atoms with E-state index < -0.39 is 0 Å². The van der Waals surface area contributed by atoms with Crippen molar-refractivity contribution < 1.29 is 14.3 Å². The van der Waals surface area contributed by atoms with Crippen LogP contribution >= 0.6 is 0 Å². The third-order valence-electron chi connectivity index (χ3n) is 8.22. The minimum atomic E-state index is -0.308. The Morgan fingerprint density at radius 1 is 0.381 bits per heavy atom. The summed E-state index contributed by atoms with van der Waals surface area (Å²) >= 11 is 0. The van der Waals surface area contributed by atoms with Gasteiger partial charge in [0, 0.05) is 27.3 Å². The predicted octanol–water partition coefficient (Wildman–Crippen LogP) is 11.6. The summed E-state index contributed by atoms with van der Waals surface area (Å²) < 4.78 is 46.4. The molecule has 0 bridgehead atoms. The van der Waals surface area contributed by atoms with Crippen molar-refractivity contribution in [3.05, 3.63) is 145 Å². The van der Waals surface area contributed by atoms with E-state index in [0.717, 1.165) is 60.5 Å². The Labute approximate surface area is 247 Å². The van der Waals surface area contributed by atoms with Gasteiger partial charge in [-0.2, -0.15) is 0 Å². The van der Waals surface area contributed by atoms with E-state index in [0.29, 0.717) is 16.4 Å². The molecule has 9 aromatic rings. The monoisotopic (exact) mass is 540 g/mol. The fourth-order valence-electron chi connectivity index (χ4n) is 6.44. The largest absolute Gasteiger partial charge is 0.456 e. The van der Waals surface area contributed by atoms with Gasteiger partial charge in [0.1, 0.15) is 22.5 Å². The molecular weight excluding hydrogens is 512 g/mol. The number of benzene rings is 7. The third-order valence-corrected chi connectivity index (χ3v) is 8.22. The number of para-hydroxylation sites is 2. The first-order valence-electron chi connectivity index (χ1n) is 15.9. The summed E-state index contributed by atoms with van der Waals surface area (Å²) in [7, 11) is 0. The number of fused-ring (bicyclic) bond motifs is 6. The highest BCUT2D eigenvalue weighted by Crippen LogP contribution is 2.49. The normalized spacial score (nSPS) is 13.1. The van der Waals surface area contributed by atoms with E-state index >= 15 is 0 Å². The topological polar surface area (TPSA) is 26.3 Å². The van der Waals surface area contributed by atoms with E-state index in [9.17, 15) is 0 Å². The first-order chi connectivity index (χ1) is 22.5. The molecule has 7 aromatic carbocycles. The van der Waals surface area contributed by atoms with E-state index in [-0.39, 0.29) is 29.8 Å². The molecule has 0 aliphatic rings. The lowest BCUT2D eigenvalue weighted by atomic mass is 9.86. The highest BCUT2D eigenvalue weighted by atomic mass is 16.3. The molecule has 0 amide bonds. The highest BCUT2D eigenvalue weighted by molar-refractivity contribution is 6.23. The van der Waals surface area contributed by atoms with Crippen molar-refractivity contribution in [2.24, 2.45) is 0 Å². The first kappa shape index (κ1) is 19.5. The average molecular weight is 541 g/mol. The molecule has 196 valence electrons. The van der Waals surface area contributed by atoms with Gasteiger partial charge < -0.3 is 8.83 Å². The second-order valence-electron chi connectivity index (χ2n) is 10.5.